The van der Waals surface area contributed by atoms with Crippen LogP contribution in [0.25, 0.3) is 0 Å². The summed E-state index contributed by atoms with van der Waals surface area (Å²) in [6.45, 7) is 8.21. The van der Waals surface area contributed by atoms with Gasteiger partial charge in [-0.15, -0.1) is 0 Å². The van der Waals surface area contributed by atoms with Gasteiger partial charge in [-0.05, 0) is 32.1 Å². The zero-order chi connectivity index (χ0) is 18.5. The van der Waals surface area contributed by atoms with Crippen molar-refractivity contribution < 1.29 is 19.1 Å². The third-order valence-corrected chi connectivity index (χ3v) is 4.11. The van der Waals surface area contributed by atoms with E-state index in [0.29, 0.717) is 31.7 Å². The first-order valence-electron chi connectivity index (χ1n) is 9.20. The van der Waals surface area contributed by atoms with Crippen molar-refractivity contribution in [1.82, 2.24) is 4.90 Å². The molecule has 0 aromatic rings. The Morgan fingerprint density at radius 1 is 1.00 bits per heavy atom. The molecule has 1 atom stereocenters. The molecule has 5 nitrogen and oxygen atoms in total. The SMILES string of the molecule is CCCCCCC(=O)N(CCCC(=O)OC)C(CC(C)C)C(C)=O. The first-order valence-corrected chi connectivity index (χ1v) is 9.20. The van der Waals surface area contributed by atoms with Crippen molar-refractivity contribution in [2.75, 3.05) is 13.7 Å². The minimum absolute atomic E-state index is 0.0173. The van der Waals surface area contributed by atoms with E-state index < -0.39 is 0 Å². The summed E-state index contributed by atoms with van der Waals surface area (Å²) in [5.74, 6) is 0.0870. The van der Waals surface area contributed by atoms with E-state index in [1.165, 1.54) is 7.11 Å². The normalized spacial score (nSPS) is 12.1. The van der Waals surface area contributed by atoms with Crippen LogP contribution in [0.5, 0.6) is 0 Å². The van der Waals surface area contributed by atoms with Gasteiger partial charge in [0.1, 0.15) is 0 Å². The van der Waals surface area contributed by atoms with E-state index >= 15 is 0 Å². The fraction of sp³-hybridized carbons (Fsp3) is 0.842. The predicted molar refractivity (Wildman–Crippen MR) is 95.6 cm³/mol. The Balaban J connectivity index is 4.86. The molecule has 0 aromatic heterocycles. The molecule has 1 amide bonds. The fourth-order valence-corrected chi connectivity index (χ4v) is 2.76. The smallest absolute Gasteiger partial charge is 0.305 e. The fourth-order valence-electron chi connectivity index (χ4n) is 2.76. The number of hydrogen-bond acceptors (Lipinski definition) is 4. The molecular weight excluding hydrogens is 306 g/mol. The lowest BCUT2D eigenvalue weighted by molar-refractivity contribution is -0.142. The Morgan fingerprint density at radius 2 is 1.67 bits per heavy atom. The molecule has 0 aliphatic carbocycles. The van der Waals surface area contributed by atoms with Gasteiger partial charge < -0.3 is 9.64 Å². The van der Waals surface area contributed by atoms with Crippen LogP contribution in [0.1, 0.15) is 79.1 Å². The molecule has 24 heavy (non-hydrogen) atoms. The maximum Gasteiger partial charge on any atom is 0.305 e. The molecule has 5 heteroatoms. The van der Waals surface area contributed by atoms with Crippen LogP contribution >= 0.6 is 0 Å². The first-order chi connectivity index (χ1) is 11.3. The highest BCUT2D eigenvalue weighted by molar-refractivity contribution is 5.87. The van der Waals surface area contributed by atoms with Crippen LogP contribution < -0.4 is 0 Å². The van der Waals surface area contributed by atoms with Crippen molar-refractivity contribution in [3.8, 4) is 0 Å². The highest BCUT2D eigenvalue weighted by atomic mass is 16.5. The summed E-state index contributed by atoms with van der Waals surface area (Å²) in [4.78, 5) is 37.7. The number of methoxy groups -OCH3 is 1. The molecule has 0 heterocycles. The van der Waals surface area contributed by atoms with Gasteiger partial charge in [0.25, 0.3) is 0 Å². The molecule has 0 radical (unpaired) electrons. The second-order valence-corrected chi connectivity index (χ2v) is 6.83. The molecule has 0 spiro atoms. The number of carbonyl (C=O) groups is 3. The van der Waals surface area contributed by atoms with Gasteiger partial charge in [0.15, 0.2) is 5.78 Å². The molecule has 0 N–H and O–H groups in total. The van der Waals surface area contributed by atoms with Crippen LogP contribution in [0, 0.1) is 5.92 Å². The van der Waals surface area contributed by atoms with Crippen LogP contribution in [-0.2, 0) is 19.1 Å². The second kappa shape index (κ2) is 13.0. The molecule has 0 rings (SSSR count). The average Bonchev–Trinajstić information content (AvgIpc) is 2.53. The molecule has 140 valence electrons. The van der Waals surface area contributed by atoms with Crippen molar-refractivity contribution in [2.24, 2.45) is 5.92 Å². The van der Waals surface area contributed by atoms with Crippen molar-refractivity contribution in [1.29, 1.82) is 0 Å². The number of esters is 1. The van der Waals surface area contributed by atoms with E-state index in [-0.39, 0.29) is 30.1 Å². The van der Waals surface area contributed by atoms with E-state index in [2.05, 4.69) is 11.7 Å². The number of carbonyl (C=O) groups excluding carboxylic acids is 3. The minimum Gasteiger partial charge on any atom is -0.469 e. The second-order valence-electron chi connectivity index (χ2n) is 6.83. The lowest BCUT2D eigenvalue weighted by atomic mass is 9.98. The standard InChI is InChI=1S/C19H35NO4/c1-6-7-8-9-11-18(22)20(13-10-12-19(23)24-5)17(16(4)21)14-15(2)3/h15,17H,6-14H2,1-5H3. The third kappa shape index (κ3) is 9.68. The molecular formula is C19H35NO4. The number of ether oxygens (including phenoxy) is 1. The minimum atomic E-state index is -0.388. The molecule has 0 saturated heterocycles. The van der Waals surface area contributed by atoms with Crippen LogP contribution in [0.15, 0.2) is 0 Å². The zero-order valence-corrected chi connectivity index (χ0v) is 16.1. The van der Waals surface area contributed by atoms with E-state index in [1.54, 1.807) is 11.8 Å². The molecule has 0 aliphatic rings. The van der Waals surface area contributed by atoms with Crippen molar-refractivity contribution in [3.05, 3.63) is 0 Å². The number of Topliss-reactive ketones (excluding diaryl/α,β-unsaturated/α-hetero) is 1. The molecule has 0 fully saturated rings. The molecule has 1 unspecified atom stereocenters. The number of unbranched alkanes of at least 4 members (excludes halogenated alkanes) is 3. The van der Waals surface area contributed by atoms with Gasteiger partial charge in [-0.2, -0.15) is 0 Å². The monoisotopic (exact) mass is 341 g/mol. The van der Waals surface area contributed by atoms with Crippen molar-refractivity contribution in [2.45, 2.75) is 85.1 Å². The lowest BCUT2D eigenvalue weighted by Gasteiger charge is -2.31. The first kappa shape index (κ1) is 22.6. The quantitative estimate of drug-likeness (QED) is 0.378. The summed E-state index contributed by atoms with van der Waals surface area (Å²) in [5.41, 5.74) is 0. The van der Waals surface area contributed by atoms with Crippen molar-refractivity contribution in [3.63, 3.8) is 0 Å². The summed E-state index contributed by atoms with van der Waals surface area (Å²) in [7, 11) is 1.36. The Morgan fingerprint density at radius 3 is 2.17 bits per heavy atom. The van der Waals surface area contributed by atoms with Gasteiger partial charge in [0, 0.05) is 19.4 Å². The van der Waals surface area contributed by atoms with Gasteiger partial charge in [0.2, 0.25) is 5.91 Å². The Hall–Kier alpha value is -1.39. The van der Waals surface area contributed by atoms with E-state index in [4.69, 9.17) is 0 Å². The molecule has 0 aliphatic heterocycles. The van der Waals surface area contributed by atoms with Crippen LogP contribution in [0.4, 0.5) is 0 Å². The van der Waals surface area contributed by atoms with Crippen LogP contribution in [0.3, 0.4) is 0 Å². The van der Waals surface area contributed by atoms with Crippen molar-refractivity contribution >= 4 is 17.7 Å². The topological polar surface area (TPSA) is 63.7 Å². The summed E-state index contributed by atoms with van der Waals surface area (Å²) in [6, 6.07) is -0.388. The van der Waals surface area contributed by atoms with Gasteiger partial charge in [-0.1, -0.05) is 40.0 Å². The van der Waals surface area contributed by atoms with Crippen LogP contribution in [0.2, 0.25) is 0 Å². The highest BCUT2D eigenvalue weighted by Crippen LogP contribution is 2.17. The predicted octanol–water partition coefficient (Wildman–Crippen LogP) is 3.74. The molecule has 0 saturated carbocycles. The summed E-state index contributed by atoms with van der Waals surface area (Å²) in [6.07, 6.45) is 6.06. The largest absolute Gasteiger partial charge is 0.469 e. The molecule has 0 aromatic carbocycles. The maximum absolute atomic E-state index is 12.6. The van der Waals surface area contributed by atoms with E-state index in [0.717, 1.165) is 25.7 Å². The van der Waals surface area contributed by atoms with E-state index in [1.807, 2.05) is 13.8 Å². The van der Waals surface area contributed by atoms with Gasteiger partial charge in [-0.25, -0.2) is 0 Å². The van der Waals surface area contributed by atoms with Crippen LogP contribution in [-0.4, -0.2) is 42.3 Å². The number of amides is 1. The third-order valence-electron chi connectivity index (χ3n) is 4.11. The summed E-state index contributed by atoms with van der Waals surface area (Å²) < 4.78 is 4.65. The van der Waals surface area contributed by atoms with Gasteiger partial charge in [-0.3, -0.25) is 14.4 Å². The van der Waals surface area contributed by atoms with Gasteiger partial charge in [0.05, 0.1) is 13.2 Å². The highest BCUT2D eigenvalue weighted by Gasteiger charge is 2.27. The summed E-state index contributed by atoms with van der Waals surface area (Å²) >= 11 is 0. The Labute approximate surface area is 147 Å². The Kier molecular flexibility index (Phi) is 12.2. The Bertz CT molecular complexity index is 393. The van der Waals surface area contributed by atoms with Gasteiger partial charge >= 0.3 is 5.97 Å². The maximum atomic E-state index is 12.6. The number of hydrogen-bond donors (Lipinski definition) is 0. The number of rotatable bonds is 13. The zero-order valence-electron chi connectivity index (χ0n) is 16.1. The number of nitrogens with zero attached hydrogens (tertiary/aromatic N) is 1. The number of ketones is 1. The van der Waals surface area contributed by atoms with E-state index in [9.17, 15) is 14.4 Å². The molecule has 0 bridgehead atoms. The summed E-state index contributed by atoms with van der Waals surface area (Å²) in [5, 5.41) is 0. The average molecular weight is 341 g/mol. The lowest BCUT2D eigenvalue weighted by Crippen LogP contribution is -2.45.